The van der Waals surface area contributed by atoms with Crippen molar-refractivity contribution in [2.24, 2.45) is 30.5 Å². The summed E-state index contributed by atoms with van der Waals surface area (Å²) in [6.07, 6.45) is 7.59. The lowest BCUT2D eigenvalue weighted by atomic mass is 9.82. The molecule has 2 aliphatic carbocycles. The number of fused-ring (bicyclic) bond motifs is 2. The number of aryl methyl sites for hydroxylation is 2. The Morgan fingerprint density at radius 3 is 2.74 bits per heavy atom. The topological polar surface area (TPSA) is 43.8 Å². The van der Waals surface area contributed by atoms with E-state index in [0.717, 1.165) is 36.3 Å². The Morgan fingerprint density at radius 2 is 2.21 bits per heavy atom. The second kappa shape index (κ2) is 5.21. The monoisotopic (exact) mass is 325 g/mol. The Morgan fingerprint density at radius 1 is 1.42 bits per heavy atom. The van der Waals surface area contributed by atoms with E-state index in [1.807, 2.05) is 11.7 Å². The van der Waals surface area contributed by atoms with Gasteiger partial charge in [-0.3, -0.25) is 4.68 Å². The lowest BCUT2D eigenvalue weighted by Gasteiger charge is -2.27. The molecule has 0 aromatic carbocycles. The van der Waals surface area contributed by atoms with Gasteiger partial charge in [0.2, 0.25) is 0 Å². The molecule has 2 bridgehead atoms. The summed E-state index contributed by atoms with van der Waals surface area (Å²) in [6, 6.07) is 0.298. The van der Waals surface area contributed by atoms with Gasteiger partial charge >= 0.3 is 0 Å². The standard InChI is InChI=1S/C15H24BrN3/c1-3-13-15(16)14(19(2)18-13)8-12(17)11-7-9-4-5-10(11)6-9/h9-12H,3-8,17H2,1-2H3. The molecule has 4 heteroatoms. The fraction of sp³-hybridized carbons (Fsp3) is 0.800. The van der Waals surface area contributed by atoms with Gasteiger partial charge in [0.25, 0.3) is 0 Å². The first-order valence-corrected chi connectivity index (χ1v) is 8.35. The van der Waals surface area contributed by atoms with Crippen LogP contribution in [0.3, 0.4) is 0 Å². The molecule has 2 fully saturated rings. The van der Waals surface area contributed by atoms with Crippen molar-refractivity contribution in [3.8, 4) is 0 Å². The van der Waals surface area contributed by atoms with Gasteiger partial charge in [0, 0.05) is 19.5 Å². The normalized spacial score (nSPS) is 31.1. The molecule has 106 valence electrons. The van der Waals surface area contributed by atoms with Crippen LogP contribution >= 0.6 is 15.9 Å². The maximum absolute atomic E-state index is 6.52. The molecule has 19 heavy (non-hydrogen) atoms. The van der Waals surface area contributed by atoms with Crippen molar-refractivity contribution < 1.29 is 0 Å². The molecule has 4 unspecified atom stereocenters. The van der Waals surface area contributed by atoms with Gasteiger partial charge in [-0.1, -0.05) is 13.3 Å². The zero-order chi connectivity index (χ0) is 13.6. The molecular weight excluding hydrogens is 302 g/mol. The third kappa shape index (κ3) is 2.38. The van der Waals surface area contributed by atoms with Crippen LogP contribution in [0.4, 0.5) is 0 Å². The highest BCUT2D eigenvalue weighted by molar-refractivity contribution is 9.10. The largest absolute Gasteiger partial charge is 0.327 e. The molecule has 2 aliphatic rings. The van der Waals surface area contributed by atoms with E-state index < -0.39 is 0 Å². The van der Waals surface area contributed by atoms with E-state index in [9.17, 15) is 0 Å². The molecule has 0 amide bonds. The maximum Gasteiger partial charge on any atom is 0.0766 e. The summed E-state index contributed by atoms with van der Waals surface area (Å²) in [5.74, 6) is 2.62. The molecular formula is C15H24BrN3. The average molecular weight is 326 g/mol. The summed E-state index contributed by atoms with van der Waals surface area (Å²) in [7, 11) is 2.03. The highest BCUT2D eigenvalue weighted by atomic mass is 79.9. The molecule has 1 aromatic rings. The summed E-state index contributed by atoms with van der Waals surface area (Å²) in [4.78, 5) is 0. The first-order chi connectivity index (χ1) is 9.10. The Balaban J connectivity index is 1.73. The van der Waals surface area contributed by atoms with Gasteiger partial charge in [-0.15, -0.1) is 0 Å². The molecule has 4 atom stereocenters. The van der Waals surface area contributed by atoms with Crippen molar-refractivity contribution in [1.82, 2.24) is 9.78 Å². The molecule has 1 heterocycles. The van der Waals surface area contributed by atoms with Crippen molar-refractivity contribution in [1.29, 1.82) is 0 Å². The molecule has 3 nitrogen and oxygen atoms in total. The van der Waals surface area contributed by atoms with Crippen LogP contribution in [0.15, 0.2) is 4.47 Å². The molecule has 0 spiro atoms. The van der Waals surface area contributed by atoms with Crippen LogP contribution in [0.5, 0.6) is 0 Å². The fourth-order valence-electron chi connectivity index (χ4n) is 4.23. The van der Waals surface area contributed by atoms with E-state index in [4.69, 9.17) is 5.73 Å². The second-order valence-corrected chi connectivity index (χ2v) is 7.18. The molecule has 1 aromatic heterocycles. The number of hydrogen-bond donors (Lipinski definition) is 1. The minimum atomic E-state index is 0.298. The number of halogens is 1. The fourth-order valence-corrected chi connectivity index (χ4v) is 5.01. The Hall–Kier alpha value is -0.350. The predicted octanol–water partition coefficient (Wildman–Crippen LogP) is 3.05. The minimum absolute atomic E-state index is 0.298. The van der Waals surface area contributed by atoms with Crippen LogP contribution in [0.2, 0.25) is 0 Å². The zero-order valence-corrected chi connectivity index (χ0v) is 13.5. The van der Waals surface area contributed by atoms with Crippen molar-refractivity contribution in [3.63, 3.8) is 0 Å². The summed E-state index contributed by atoms with van der Waals surface area (Å²) in [5, 5.41) is 4.57. The first-order valence-electron chi connectivity index (χ1n) is 7.56. The third-order valence-corrected chi connectivity index (χ3v) is 6.19. The van der Waals surface area contributed by atoms with Gasteiger partial charge in [-0.2, -0.15) is 5.10 Å². The van der Waals surface area contributed by atoms with Crippen LogP contribution in [-0.2, 0) is 19.9 Å². The predicted molar refractivity (Wildman–Crippen MR) is 80.9 cm³/mol. The van der Waals surface area contributed by atoms with Crippen molar-refractivity contribution in [2.75, 3.05) is 0 Å². The minimum Gasteiger partial charge on any atom is -0.327 e. The number of aromatic nitrogens is 2. The quantitative estimate of drug-likeness (QED) is 0.924. The summed E-state index contributed by atoms with van der Waals surface area (Å²) in [6.45, 7) is 2.15. The second-order valence-electron chi connectivity index (χ2n) is 6.39. The number of nitrogens with zero attached hydrogens (tertiary/aromatic N) is 2. The van der Waals surface area contributed by atoms with E-state index in [-0.39, 0.29) is 0 Å². The van der Waals surface area contributed by atoms with E-state index in [0.29, 0.717) is 6.04 Å². The van der Waals surface area contributed by atoms with Crippen molar-refractivity contribution in [2.45, 2.75) is 51.5 Å². The SMILES string of the molecule is CCc1nn(C)c(CC(N)C2CC3CCC2C3)c1Br. The molecule has 0 radical (unpaired) electrons. The molecule has 0 saturated heterocycles. The summed E-state index contributed by atoms with van der Waals surface area (Å²) < 4.78 is 3.19. The molecule has 3 rings (SSSR count). The number of hydrogen-bond acceptors (Lipinski definition) is 2. The summed E-state index contributed by atoms with van der Waals surface area (Å²) in [5.41, 5.74) is 8.95. The lowest BCUT2D eigenvalue weighted by Crippen LogP contribution is -2.36. The molecule has 2 N–H and O–H groups in total. The van der Waals surface area contributed by atoms with Crippen molar-refractivity contribution >= 4 is 15.9 Å². The highest BCUT2D eigenvalue weighted by Gasteiger charge is 2.42. The number of nitrogens with two attached hydrogens (primary N) is 1. The highest BCUT2D eigenvalue weighted by Crippen LogP contribution is 2.49. The van der Waals surface area contributed by atoms with Gasteiger partial charge in [-0.25, -0.2) is 0 Å². The zero-order valence-electron chi connectivity index (χ0n) is 11.9. The van der Waals surface area contributed by atoms with Gasteiger partial charge in [0.1, 0.15) is 0 Å². The summed E-state index contributed by atoms with van der Waals surface area (Å²) >= 11 is 3.70. The Kier molecular flexibility index (Phi) is 3.73. The van der Waals surface area contributed by atoms with Gasteiger partial charge in [-0.05, 0) is 59.4 Å². The van der Waals surface area contributed by atoms with Crippen LogP contribution < -0.4 is 5.73 Å². The molecule has 2 saturated carbocycles. The van der Waals surface area contributed by atoms with E-state index in [2.05, 4.69) is 28.0 Å². The molecule has 0 aliphatic heterocycles. The van der Waals surface area contributed by atoms with Crippen LogP contribution in [0, 0.1) is 17.8 Å². The van der Waals surface area contributed by atoms with Gasteiger partial charge in [0.15, 0.2) is 0 Å². The Labute approximate surface area is 124 Å². The van der Waals surface area contributed by atoms with Gasteiger partial charge < -0.3 is 5.73 Å². The lowest BCUT2D eigenvalue weighted by molar-refractivity contribution is 0.278. The van der Waals surface area contributed by atoms with Crippen LogP contribution in [0.1, 0.15) is 44.0 Å². The van der Waals surface area contributed by atoms with E-state index >= 15 is 0 Å². The van der Waals surface area contributed by atoms with E-state index in [1.54, 1.807) is 0 Å². The van der Waals surface area contributed by atoms with Crippen LogP contribution in [-0.4, -0.2) is 15.8 Å². The number of rotatable bonds is 4. The van der Waals surface area contributed by atoms with E-state index in [1.165, 1.54) is 35.8 Å². The van der Waals surface area contributed by atoms with Gasteiger partial charge in [0.05, 0.1) is 15.9 Å². The first kappa shape index (κ1) is 13.6. The van der Waals surface area contributed by atoms with Crippen molar-refractivity contribution in [3.05, 3.63) is 15.9 Å². The average Bonchev–Trinajstić information content (AvgIpc) is 3.08. The van der Waals surface area contributed by atoms with Crippen LogP contribution in [0.25, 0.3) is 0 Å². The third-order valence-electron chi connectivity index (χ3n) is 5.27. The smallest absolute Gasteiger partial charge is 0.0766 e. The maximum atomic E-state index is 6.52. The Bertz CT molecular complexity index is 468.